The number of benzene rings is 2. The van der Waals surface area contributed by atoms with E-state index in [1.165, 1.54) is 18.4 Å². The highest BCUT2D eigenvalue weighted by Crippen LogP contribution is 2.15. The van der Waals surface area contributed by atoms with Gasteiger partial charge < -0.3 is 4.74 Å². The molecule has 0 aromatic heterocycles. The van der Waals surface area contributed by atoms with Crippen molar-refractivity contribution in [3.8, 4) is 5.75 Å². The first-order valence-electron chi connectivity index (χ1n) is 7.29. The molecule has 21 heavy (non-hydrogen) atoms. The molecule has 0 saturated heterocycles. The average Bonchev–Trinajstić information content (AvgIpc) is 2.55. The number of ether oxygens (including phenoxy) is 1. The van der Waals surface area contributed by atoms with Gasteiger partial charge >= 0.3 is 0 Å². The zero-order chi connectivity index (χ0) is 14.9. The number of rotatable bonds is 7. The molecule has 0 fully saturated rings. The van der Waals surface area contributed by atoms with Gasteiger partial charge in [-0.2, -0.15) is 0 Å². The molecule has 2 heteroatoms. The summed E-state index contributed by atoms with van der Waals surface area (Å²) in [7, 11) is 0. The number of aldehydes is 1. The van der Waals surface area contributed by atoms with Crippen molar-refractivity contribution < 1.29 is 9.53 Å². The van der Waals surface area contributed by atoms with E-state index < -0.39 is 0 Å². The summed E-state index contributed by atoms with van der Waals surface area (Å²) in [5.41, 5.74) is 3.02. The number of hydrogen-bond donors (Lipinski definition) is 0. The van der Waals surface area contributed by atoms with Gasteiger partial charge in [0, 0.05) is 5.56 Å². The quantitative estimate of drug-likeness (QED) is 0.533. The largest absolute Gasteiger partial charge is 0.465 e. The van der Waals surface area contributed by atoms with Gasteiger partial charge in [-0.05, 0) is 42.2 Å². The molecule has 2 aromatic rings. The maximum atomic E-state index is 10.6. The van der Waals surface area contributed by atoms with E-state index in [9.17, 15) is 4.79 Å². The molecule has 2 rings (SSSR count). The molecule has 0 spiro atoms. The minimum atomic E-state index is 0.677. The standard InChI is InChI=1S/C19H20O2/c1-2-3-4-16-9-11-19(12-10-16)21-14-13-17-5-7-18(15-20)8-6-17/h5-15H,2-4H2,1H3. The first-order chi connectivity index (χ1) is 10.3. The number of aryl methyl sites for hydroxylation is 1. The number of carbonyl (C=O) groups excluding carboxylic acids is 1. The van der Waals surface area contributed by atoms with Crippen molar-refractivity contribution in [2.24, 2.45) is 0 Å². The van der Waals surface area contributed by atoms with Crippen LogP contribution in [0, 0.1) is 0 Å². The minimum Gasteiger partial charge on any atom is -0.465 e. The van der Waals surface area contributed by atoms with Crippen LogP contribution in [0.3, 0.4) is 0 Å². The fourth-order valence-electron chi connectivity index (χ4n) is 1.99. The molecule has 2 nitrogen and oxygen atoms in total. The van der Waals surface area contributed by atoms with E-state index in [1.807, 2.05) is 30.3 Å². The van der Waals surface area contributed by atoms with Crippen molar-refractivity contribution in [2.75, 3.05) is 0 Å². The highest BCUT2D eigenvalue weighted by molar-refractivity contribution is 5.75. The van der Waals surface area contributed by atoms with E-state index in [2.05, 4.69) is 19.1 Å². The first-order valence-corrected chi connectivity index (χ1v) is 7.29. The zero-order valence-electron chi connectivity index (χ0n) is 12.3. The predicted octanol–water partition coefficient (Wildman–Crippen LogP) is 4.89. The second kappa shape index (κ2) is 8.05. The van der Waals surface area contributed by atoms with Crippen LogP contribution in [0.25, 0.3) is 6.08 Å². The lowest BCUT2D eigenvalue weighted by Crippen LogP contribution is -1.86. The molecule has 0 aliphatic rings. The van der Waals surface area contributed by atoms with E-state index in [-0.39, 0.29) is 0 Å². The van der Waals surface area contributed by atoms with Crippen LogP contribution in [0.4, 0.5) is 0 Å². The van der Waals surface area contributed by atoms with Gasteiger partial charge in [0.15, 0.2) is 0 Å². The molecule has 0 atom stereocenters. The molecule has 0 heterocycles. The lowest BCUT2D eigenvalue weighted by Gasteiger charge is -2.03. The summed E-state index contributed by atoms with van der Waals surface area (Å²) >= 11 is 0. The Hall–Kier alpha value is -2.35. The number of carbonyl (C=O) groups is 1. The van der Waals surface area contributed by atoms with Gasteiger partial charge in [-0.15, -0.1) is 0 Å². The van der Waals surface area contributed by atoms with Crippen molar-refractivity contribution in [2.45, 2.75) is 26.2 Å². The Morgan fingerprint density at radius 3 is 2.24 bits per heavy atom. The SMILES string of the molecule is CCCCc1ccc(OC=Cc2ccc(C=O)cc2)cc1. The Morgan fingerprint density at radius 1 is 0.952 bits per heavy atom. The minimum absolute atomic E-state index is 0.677. The normalized spacial score (nSPS) is 10.7. The third-order valence-corrected chi connectivity index (χ3v) is 3.28. The van der Waals surface area contributed by atoms with Gasteiger partial charge in [-0.3, -0.25) is 4.79 Å². The smallest absolute Gasteiger partial charge is 0.150 e. The average molecular weight is 280 g/mol. The summed E-state index contributed by atoms with van der Waals surface area (Å²) in [6.07, 6.45) is 7.93. The van der Waals surface area contributed by atoms with Gasteiger partial charge in [0.05, 0.1) is 6.26 Å². The number of unbranched alkanes of at least 4 members (excludes halogenated alkanes) is 1. The van der Waals surface area contributed by atoms with Crippen LogP contribution in [0.15, 0.2) is 54.8 Å². The zero-order valence-corrected chi connectivity index (χ0v) is 12.3. The van der Waals surface area contributed by atoms with Crippen LogP contribution in [0.5, 0.6) is 5.75 Å². The Morgan fingerprint density at radius 2 is 1.62 bits per heavy atom. The van der Waals surface area contributed by atoms with Gasteiger partial charge in [0.2, 0.25) is 0 Å². The van der Waals surface area contributed by atoms with Crippen molar-refractivity contribution >= 4 is 12.4 Å². The first kappa shape index (κ1) is 15.0. The molecule has 2 aromatic carbocycles. The lowest BCUT2D eigenvalue weighted by atomic mass is 10.1. The second-order valence-corrected chi connectivity index (χ2v) is 4.95. The molecule has 108 valence electrons. The monoisotopic (exact) mass is 280 g/mol. The van der Waals surface area contributed by atoms with Crippen LogP contribution >= 0.6 is 0 Å². The van der Waals surface area contributed by atoms with Crippen LogP contribution in [-0.2, 0) is 6.42 Å². The molecule has 0 N–H and O–H groups in total. The molecule has 0 radical (unpaired) electrons. The van der Waals surface area contributed by atoms with Crippen LogP contribution in [0.2, 0.25) is 0 Å². The van der Waals surface area contributed by atoms with E-state index in [0.29, 0.717) is 5.56 Å². The summed E-state index contributed by atoms with van der Waals surface area (Å²) in [5, 5.41) is 0. The molecule has 0 aliphatic heterocycles. The molecule has 0 saturated carbocycles. The molecule has 0 unspecified atom stereocenters. The highest BCUT2D eigenvalue weighted by atomic mass is 16.5. The third-order valence-electron chi connectivity index (χ3n) is 3.28. The molecule has 0 amide bonds. The maximum absolute atomic E-state index is 10.6. The van der Waals surface area contributed by atoms with E-state index in [4.69, 9.17) is 4.74 Å². The van der Waals surface area contributed by atoms with Crippen molar-refractivity contribution in [3.05, 3.63) is 71.5 Å². The Kier molecular flexibility index (Phi) is 5.77. The molecular formula is C19H20O2. The Balaban J connectivity index is 1.89. The fourth-order valence-corrected chi connectivity index (χ4v) is 1.99. The van der Waals surface area contributed by atoms with Gasteiger partial charge in [0.1, 0.15) is 12.0 Å². The highest BCUT2D eigenvalue weighted by Gasteiger charge is 1.94. The van der Waals surface area contributed by atoms with Gasteiger partial charge in [0.25, 0.3) is 0 Å². The molecule has 0 aliphatic carbocycles. The van der Waals surface area contributed by atoms with Crippen LogP contribution in [-0.4, -0.2) is 6.29 Å². The summed E-state index contributed by atoms with van der Waals surface area (Å²) in [4.78, 5) is 10.6. The van der Waals surface area contributed by atoms with Crippen LogP contribution in [0.1, 0.15) is 41.3 Å². The lowest BCUT2D eigenvalue weighted by molar-refractivity contribution is 0.112. The maximum Gasteiger partial charge on any atom is 0.150 e. The summed E-state index contributed by atoms with van der Waals surface area (Å²) in [6.45, 7) is 2.20. The van der Waals surface area contributed by atoms with E-state index in [0.717, 1.165) is 24.0 Å². The van der Waals surface area contributed by atoms with Gasteiger partial charge in [-0.25, -0.2) is 0 Å². The second-order valence-electron chi connectivity index (χ2n) is 4.95. The predicted molar refractivity (Wildman–Crippen MR) is 86.5 cm³/mol. The summed E-state index contributed by atoms with van der Waals surface area (Å²) in [5.74, 6) is 0.830. The fraction of sp³-hybridized carbons (Fsp3) is 0.211. The topological polar surface area (TPSA) is 26.3 Å². The van der Waals surface area contributed by atoms with E-state index >= 15 is 0 Å². The molecule has 0 bridgehead atoms. The van der Waals surface area contributed by atoms with Crippen molar-refractivity contribution in [1.82, 2.24) is 0 Å². The van der Waals surface area contributed by atoms with Crippen LogP contribution < -0.4 is 4.74 Å². The number of hydrogen-bond acceptors (Lipinski definition) is 2. The summed E-state index contributed by atoms with van der Waals surface area (Å²) < 4.78 is 5.58. The van der Waals surface area contributed by atoms with Crippen molar-refractivity contribution in [1.29, 1.82) is 0 Å². The van der Waals surface area contributed by atoms with Gasteiger partial charge in [-0.1, -0.05) is 49.7 Å². The third kappa shape index (κ3) is 4.92. The molecular weight excluding hydrogens is 260 g/mol. The Labute approximate surface area is 126 Å². The Bertz CT molecular complexity index is 580. The van der Waals surface area contributed by atoms with E-state index in [1.54, 1.807) is 18.4 Å². The van der Waals surface area contributed by atoms with Crippen molar-refractivity contribution in [3.63, 3.8) is 0 Å². The summed E-state index contributed by atoms with van der Waals surface area (Å²) in [6, 6.07) is 15.5.